The van der Waals surface area contributed by atoms with Crippen LogP contribution in [0.5, 0.6) is 0 Å². The molecule has 0 fully saturated rings. The molecule has 0 aromatic heterocycles. The lowest BCUT2D eigenvalue weighted by atomic mass is 10.5. The van der Waals surface area contributed by atoms with Crippen molar-refractivity contribution in [2.45, 2.75) is 13.8 Å². The van der Waals surface area contributed by atoms with Crippen LogP contribution in [0.15, 0.2) is 16.8 Å². The standard InChI is InChI=1S/C6H10N2/c1-3-8-6(2)4-5-7/h3-5,7H,1-2H3. The number of nitrogens with zero attached hydrogens (tertiary/aromatic N) is 1. The number of hydrogen-bond donors (Lipinski definition) is 1. The summed E-state index contributed by atoms with van der Waals surface area (Å²) in [5, 5.41) is 6.64. The molecule has 0 atom stereocenters. The topological polar surface area (TPSA) is 36.2 Å². The zero-order valence-electron chi connectivity index (χ0n) is 5.18. The van der Waals surface area contributed by atoms with Gasteiger partial charge in [0.2, 0.25) is 0 Å². The van der Waals surface area contributed by atoms with Gasteiger partial charge in [-0.05, 0) is 19.9 Å². The number of aliphatic imine (C=N–C) groups is 1. The smallest absolute Gasteiger partial charge is 0.0383 e. The summed E-state index contributed by atoms with van der Waals surface area (Å²) in [4.78, 5) is 3.90. The van der Waals surface area contributed by atoms with Gasteiger partial charge in [0.15, 0.2) is 0 Å². The van der Waals surface area contributed by atoms with Crippen molar-refractivity contribution < 1.29 is 0 Å². The van der Waals surface area contributed by atoms with Crippen LogP contribution in [0.4, 0.5) is 0 Å². The molecule has 8 heavy (non-hydrogen) atoms. The van der Waals surface area contributed by atoms with Gasteiger partial charge < -0.3 is 5.41 Å². The van der Waals surface area contributed by atoms with Crippen LogP contribution in [0.3, 0.4) is 0 Å². The first kappa shape index (κ1) is 7.08. The minimum absolute atomic E-state index is 0.863. The van der Waals surface area contributed by atoms with E-state index in [1.165, 1.54) is 6.21 Å². The normalized spacial score (nSPS) is 12.5. The highest BCUT2D eigenvalue weighted by Crippen LogP contribution is 1.88. The highest BCUT2D eigenvalue weighted by molar-refractivity contribution is 5.69. The first-order chi connectivity index (χ1) is 3.81. The van der Waals surface area contributed by atoms with E-state index in [1.807, 2.05) is 13.8 Å². The number of hydrogen-bond acceptors (Lipinski definition) is 2. The molecule has 0 bridgehead atoms. The van der Waals surface area contributed by atoms with Crippen LogP contribution in [0, 0.1) is 5.41 Å². The van der Waals surface area contributed by atoms with Crippen LogP contribution < -0.4 is 0 Å². The molecule has 0 aromatic rings. The van der Waals surface area contributed by atoms with Crippen LogP contribution in [-0.4, -0.2) is 12.4 Å². The lowest BCUT2D eigenvalue weighted by molar-refractivity contribution is 1.32. The average molecular weight is 110 g/mol. The second kappa shape index (κ2) is 4.24. The third-order valence-electron chi connectivity index (χ3n) is 0.657. The molecule has 2 nitrogen and oxygen atoms in total. The van der Waals surface area contributed by atoms with E-state index in [0.29, 0.717) is 0 Å². The number of allylic oxidation sites excluding steroid dienone is 2. The van der Waals surface area contributed by atoms with Crippen molar-refractivity contribution in [3.05, 3.63) is 11.8 Å². The Morgan fingerprint density at radius 3 is 2.62 bits per heavy atom. The van der Waals surface area contributed by atoms with E-state index in [0.717, 1.165) is 5.70 Å². The molecular weight excluding hydrogens is 100 g/mol. The minimum atomic E-state index is 0.863. The highest BCUT2D eigenvalue weighted by Gasteiger charge is 1.73. The summed E-state index contributed by atoms with van der Waals surface area (Å²) >= 11 is 0. The van der Waals surface area contributed by atoms with Crippen molar-refractivity contribution >= 4 is 12.4 Å². The molecule has 0 saturated heterocycles. The van der Waals surface area contributed by atoms with Crippen LogP contribution in [0.2, 0.25) is 0 Å². The molecule has 0 aliphatic carbocycles. The van der Waals surface area contributed by atoms with Crippen molar-refractivity contribution in [3.8, 4) is 0 Å². The predicted octanol–water partition coefficient (Wildman–Crippen LogP) is 1.63. The van der Waals surface area contributed by atoms with Crippen LogP contribution in [0.25, 0.3) is 0 Å². The molecule has 0 amide bonds. The zero-order valence-corrected chi connectivity index (χ0v) is 5.18. The molecule has 0 radical (unpaired) electrons. The third kappa shape index (κ3) is 3.28. The van der Waals surface area contributed by atoms with Gasteiger partial charge in [-0.2, -0.15) is 0 Å². The van der Waals surface area contributed by atoms with Gasteiger partial charge in [-0.25, -0.2) is 0 Å². The molecule has 1 N–H and O–H groups in total. The van der Waals surface area contributed by atoms with Crippen molar-refractivity contribution in [3.63, 3.8) is 0 Å². The Balaban J connectivity index is 3.79. The Bertz CT molecular complexity index is 122. The third-order valence-corrected chi connectivity index (χ3v) is 0.657. The first-order valence-electron chi connectivity index (χ1n) is 2.47. The van der Waals surface area contributed by atoms with Gasteiger partial charge in [0, 0.05) is 18.1 Å². The van der Waals surface area contributed by atoms with Gasteiger partial charge in [0.05, 0.1) is 0 Å². The maximum Gasteiger partial charge on any atom is 0.0383 e. The summed E-state index contributed by atoms with van der Waals surface area (Å²) in [6.07, 6.45) is 4.57. The molecule has 0 unspecified atom stereocenters. The molecular formula is C6H10N2. The molecule has 0 rings (SSSR count). The largest absolute Gasteiger partial charge is 0.309 e. The Morgan fingerprint density at radius 2 is 2.25 bits per heavy atom. The average Bonchev–Trinajstić information content (AvgIpc) is 1.68. The van der Waals surface area contributed by atoms with Crippen molar-refractivity contribution in [1.29, 1.82) is 5.41 Å². The molecule has 0 aromatic carbocycles. The van der Waals surface area contributed by atoms with Gasteiger partial charge in [0.1, 0.15) is 0 Å². The number of nitrogens with one attached hydrogen (secondary N) is 1. The highest BCUT2D eigenvalue weighted by atomic mass is 14.7. The predicted molar refractivity (Wildman–Crippen MR) is 36.7 cm³/mol. The zero-order chi connectivity index (χ0) is 6.41. The number of rotatable bonds is 2. The Hall–Kier alpha value is -0.920. The van der Waals surface area contributed by atoms with E-state index in [9.17, 15) is 0 Å². The molecule has 0 heterocycles. The fourth-order valence-corrected chi connectivity index (χ4v) is 0.367. The van der Waals surface area contributed by atoms with Gasteiger partial charge >= 0.3 is 0 Å². The summed E-state index contributed by atoms with van der Waals surface area (Å²) in [6.45, 7) is 3.70. The Morgan fingerprint density at radius 1 is 1.62 bits per heavy atom. The van der Waals surface area contributed by atoms with Crippen molar-refractivity contribution in [1.82, 2.24) is 0 Å². The van der Waals surface area contributed by atoms with Gasteiger partial charge in [-0.15, -0.1) is 0 Å². The van der Waals surface area contributed by atoms with Gasteiger partial charge in [-0.1, -0.05) is 0 Å². The van der Waals surface area contributed by atoms with Crippen molar-refractivity contribution in [2.75, 3.05) is 0 Å². The van der Waals surface area contributed by atoms with Crippen molar-refractivity contribution in [2.24, 2.45) is 4.99 Å². The SMILES string of the molecule is CC=NC(C)=CC=N. The first-order valence-corrected chi connectivity index (χ1v) is 2.47. The van der Waals surface area contributed by atoms with E-state index < -0.39 is 0 Å². The summed E-state index contributed by atoms with van der Waals surface area (Å²) in [5.74, 6) is 0. The molecule has 0 aliphatic heterocycles. The van der Waals surface area contributed by atoms with Crippen LogP contribution >= 0.6 is 0 Å². The van der Waals surface area contributed by atoms with E-state index >= 15 is 0 Å². The van der Waals surface area contributed by atoms with E-state index in [2.05, 4.69) is 4.99 Å². The summed E-state index contributed by atoms with van der Waals surface area (Å²) in [7, 11) is 0. The fraction of sp³-hybridized carbons (Fsp3) is 0.333. The maximum absolute atomic E-state index is 6.64. The molecule has 0 aliphatic rings. The van der Waals surface area contributed by atoms with E-state index in [-0.39, 0.29) is 0 Å². The second-order valence-electron chi connectivity index (χ2n) is 1.36. The lowest BCUT2D eigenvalue weighted by Crippen LogP contribution is -1.69. The van der Waals surface area contributed by atoms with Crippen LogP contribution in [0.1, 0.15) is 13.8 Å². The molecule has 0 saturated carbocycles. The lowest BCUT2D eigenvalue weighted by Gasteiger charge is -1.82. The molecule has 44 valence electrons. The summed E-state index contributed by atoms with van der Waals surface area (Å²) in [5.41, 5.74) is 0.863. The van der Waals surface area contributed by atoms with E-state index in [4.69, 9.17) is 5.41 Å². The molecule has 2 heteroatoms. The monoisotopic (exact) mass is 110 g/mol. The van der Waals surface area contributed by atoms with E-state index in [1.54, 1.807) is 12.3 Å². The van der Waals surface area contributed by atoms with Gasteiger partial charge in [-0.3, -0.25) is 4.99 Å². The Labute approximate surface area is 49.5 Å². The quantitative estimate of drug-likeness (QED) is 0.524. The summed E-state index contributed by atoms with van der Waals surface area (Å²) < 4.78 is 0. The Kier molecular flexibility index (Phi) is 3.76. The minimum Gasteiger partial charge on any atom is -0.309 e. The summed E-state index contributed by atoms with van der Waals surface area (Å²) in [6, 6.07) is 0. The van der Waals surface area contributed by atoms with Gasteiger partial charge in [0.25, 0.3) is 0 Å². The fourth-order valence-electron chi connectivity index (χ4n) is 0.367. The second-order valence-corrected chi connectivity index (χ2v) is 1.36. The molecule has 0 spiro atoms. The maximum atomic E-state index is 6.64. The van der Waals surface area contributed by atoms with Crippen LogP contribution in [-0.2, 0) is 0 Å².